The zero-order chi connectivity index (χ0) is 20.6. The first-order chi connectivity index (χ1) is 13.2. The number of pyridine rings is 1. The van der Waals surface area contributed by atoms with Crippen molar-refractivity contribution in [3.8, 4) is 0 Å². The van der Waals surface area contributed by atoms with E-state index in [9.17, 15) is 14.4 Å². The van der Waals surface area contributed by atoms with Crippen LogP contribution in [0.3, 0.4) is 0 Å². The first-order valence-corrected chi connectivity index (χ1v) is 9.74. The minimum atomic E-state index is -0.433. The van der Waals surface area contributed by atoms with Crippen LogP contribution in [0.25, 0.3) is 11.0 Å². The first-order valence-electron chi connectivity index (χ1n) is 8.75. The maximum Gasteiger partial charge on any atom is 0.332 e. The Morgan fingerprint density at radius 2 is 1.71 bits per heavy atom. The average Bonchev–Trinajstić information content (AvgIpc) is 2.62. The van der Waals surface area contributed by atoms with Crippen molar-refractivity contribution in [2.24, 2.45) is 14.1 Å². The van der Waals surface area contributed by atoms with Gasteiger partial charge in [-0.15, -0.1) is 11.8 Å². The molecule has 3 rings (SSSR count). The summed E-state index contributed by atoms with van der Waals surface area (Å²) in [6.07, 6.45) is 1.62. The van der Waals surface area contributed by atoms with Gasteiger partial charge in [0, 0.05) is 30.9 Å². The van der Waals surface area contributed by atoms with Gasteiger partial charge in [-0.1, -0.05) is 6.07 Å². The molecule has 0 unspecified atom stereocenters. The van der Waals surface area contributed by atoms with Crippen LogP contribution in [0.4, 0.5) is 5.69 Å². The van der Waals surface area contributed by atoms with Crippen LogP contribution in [-0.4, -0.2) is 25.8 Å². The lowest BCUT2D eigenvalue weighted by Gasteiger charge is -2.12. The van der Waals surface area contributed by atoms with E-state index >= 15 is 0 Å². The smallest absolute Gasteiger partial charge is 0.325 e. The summed E-state index contributed by atoms with van der Waals surface area (Å²) >= 11 is 1.27. The standard InChI is InChI=1S/C20H22N4O3S/c1-11-6-12(2)8-14(7-11)22-15(25)10-28-17-13(3)9-21-18-16(17)19(26)24(5)20(27)23(18)4/h6-9H,10H2,1-5H3,(H,22,25). The number of hydrogen-bond acceptors (Lipinski definition) is 5. The van der Waals surface area contributed by atoms with Crippen LogP contribution < -0.4 is 16.6 Å². The summed E-state index contributed by atoms with van der Waals surface area (Å²) in [6.45, 7) is 5.79. The van der Waals surface area contributed by atoms with Gasteiger partial charge in [-0.25, -0.2) is 9.78 Å². The lowest BCUT2D eigenvalue weighted by atomic mass is 10.1. The van der Waals surface area contributed by atoms with Gasteiger partial charge in [-0.3, -0.25) is 18.7 Å². The topological polar surface area (TPSA) is 86.0 Å². The highest BCUT2D eigenvalue weighted by Gasteiger charge is 2.17. The number of aryl methyl sites for hydroxylation is 4. The van der Waals surface area contributed by atoms with Gasteiger partial charge in [0.2, 0.25) is 5.91 Å². The summed E-state index contributed by atoms with van der Waals surface area (Å²) in [6, 6.07) is 5.86. The second-order valence-corrected chi connectivity index (χ2v) is 7.87. The fourth-order valence-corrected chi connectivity index (χ4v) is 4.12. The van der Waals surface area contributed by atoms with Crippen LogP contribution >= 0.6 is 11.8 Å². The third-order valence-corrected chi connectivity index (χ3v) is 5.67. The largest absolute Gasteiger partial charge is 0.332 e. The summed E-state index contributed by atoms with van der Waals surface area (Å²) < 4.78 is 2.40. The molecule has 1 aromatic carbocycles. The molecule has 0 spiro atoms. The number of thioether (sulfide) groups is 1. The van der Waals surface area contributed by atoms with Crippen molar-refractivity contribution in [2.75, 3.05) is 11.1 Å². The van der Waals surface area contributed by atoms with Crippen molar-refractivity contribution in [3.63, 3.8) is 0 Å². The van der Waals surface area contributed by atoms with E-state index in [0.717, 1.165) is 26.9 Å². The Bertz CT molecular complexity index is 1190. The van der Waals surface area contributed by atoms with Gasteiger partial charge in [0.05, 0.1) is 11.1 Å². The molecule has 2 aromatic heterocycles. The second-order valence-electron chi connectivity index (χ2n) is 6.89. The zero-order valence-corrected chi connectivity index (χ0v) is 17.3. The highest BCUT2D eigenvalue weighted by molar-refractivity contribution is 8.00. The summed E-state index contributed by atoms with van der Waals surface area (Å²) in [5.74, 6) is -0.0279. The third-order valence-electron chi connectivity index (χ3n) is 4.45. The van der Waals surface area contributed by atoms with Gasteiger partial charge in [0.15, 0.2) is 0 Å². The lowest BCUT2D eigenvalue weighted by Crippen LogP contribution is -2.37. The molecule has 7 nitrogen and oxygen atoms in total. The van der Waals surface area contributed by atoms with E-state index in [1.54, 1.807) is 13.2 Å². The van der Waals surface area contributed by atoms with Crippen molar-refractivity contribution in [1.82, 2.24) is 14.1 Å². The molecule has 0 aliphatic heterocycles. The summed E-state index contributed by atoms with van der Waals surface area (Å²) in [7, 11) is 3.02. The van der Waals surface area contributed by atoms with Gasteiger partial charge in [0.1, 0.15) is 5.65 Å². The molecule has 0 saturated carbocycles. The van der Waals surface area contributed by atoms with Gasteiger partial charge in [-0.05, 0) is 49.6 Å². The minimum absolute atomic E-state index is 0.138. The maximum absolute atomic E-state index is 12.7. The fraction of sp³-hybridized carbons (Fsp3) is 0.300. The highest BCUT2D eigenvalue weighted by Crippen LogP contribution is 2.27. The average molecular weight is 398 g/mol. The van der Waals surface area contributed by atoms with Crippen molar-refractivity contribution >= 4 is 34.4 Å². The molecule has 0 fully saturated rings. The Labute approximate surface area is 166 Å². The molecular weight excluding hydrogens is 376 g/mol. The number of carbonyl (C=O) groups is 1. The van der Waals surface area contributed by atoms with Gasteiger partial charge in [0.25, 0.3) is 5.56 Å². The molecule has 1 N–H and O–H groups in total. The molecule has 8 heteroatoms. The molecule has 28 heavy (non-hydrogen) atoms. The van der Waals surface area contributed by atoms with Crippen LogP contribution in [0, 0.1) is 20.8 Å². The number of benzene rings is 1. The fourth-order valence-electron chi connectivity index (χ4n) is 3.16. The second kappa shape index (κ2) is 7.63. The van der Waals surface area contributed by atoms with E-state index in [1.165, 1.54) is 23.4 Å². The molecule has 3 aromatic rings. The molecule has 0 radical (unpaired) electrons. The normalized spacial score (nSPS) is 11.0. The van der Waals surface area contributed by atoms with E-state index in [4.69, 9.17) is 0 Å². The summed E-state index contributed by atoms with van der Waals surface area (Å²) in [5, 5.41) is 3.25. The Balaban J connectivity index is 1.92. The molecule has 146 valence electrons. The van der Waals surface area contributed by atoms with E-state index in [1.807, 2.05) is 39.0 Å². The lowest BCUT2D eigenvalue weighted by molar-refractivity contribution is -0.113. The highest BCUT2D eigenvalue weighted by atomic mass is 32.2. The molecule has 2 heterocycles. The number of rotatable bonds is 4. The number of nitrogens with one attached hydrogen (secondary N) is 1. The maximum atomic E-state index is 12.7. The van der Waals surface area contributed by atoms with Gasteiger partial charge in [-0.2, -0.15) is 0 Å². The predicted octanol–water partition coefficient (Wildman–Crippen LogP) is 2.29. The summed E-state index contributed by atoms with van der Waals surface area (Å²) in [5.41, 5.74) is 3.15. The molecule has 1 amide bonds. The Morgan fingerprint density at radius 3 is 2.36 bits per heavy atom. The third kappa shape index (κ3) is 3.73. The molecule has 0 saturated heterocycles. The van der Waals surface area contributed by atoms with E-state index < -0.39 is 11.2 Å². The molecular formula is C20H22N4O3S. The molecule has 0 aliphatic rings. The number of amides is 1. The predicted molar refractivity (Wildman–Crippen MR) is 112 cm³/mol. The zero-order valence-electron chi connectivity index (χ0n) is 16.5. The summed E-state index contributed by atoms with van der Waals surface area (Å²) in [4.78, 5) is 42.2. The molecule has 0 bridgehead atoms. The van der Waals surface area contributed by atoms with Crippen LogP contribution in [0.15, 0.2) is 38.9 Å². The Morgan fingerprint density at radius 1 is 1.07 bits per heavy atom. The number of aromatic nitrogens is 3. The number of anilines is 1. The van der Waals surface area contributed by atoms with Crippen molar-refractivity contribution < 1.29 is 4.79 Å². The molecule has 0 aliphatic carbocycles. The van der Waals surface area contributed by atoms with Crippen LogP contribution in [0.5, 0.6) is 0 Å². The molecule has 0 atom stereocenters. The quantitative estimate of drug-likeness (QED) is 0.682. The van der Waals surface area contributed by atoms with Crippen molar-refractivity contribution in [3.05, 3.63) is 61.9 Å². The van der Waals surface area contributed by atoms with E-state index in [0.29, 0.717) is 15.9 Å². The minimum Gasteiger partial charge on any atom is -0.325 e. The van der Waals surface area contributed by atoms with Crippen LogP contribution in [0.1, 0.15) is 16.7 Å². The van der Waals surface area contributed by atoms with Gasteiger partial charge < -0.3 is 5.32 Å². The Kier molecular flexibility index (Phi) is 5.42. The monoisotopic (exact) mass is 398 g/mol. The van der Waals surface area contributed by atoms with Crippen molar-refractivity contribution in [2.45, 2.75) is 25.7 Å². The van der Waals surface area contributed by atoms with Gasteiger partial charge >= 0.3 is 5.69 Å². The van der Waals surface area contributed by atoms with Crippen LogP contribution in [0.2, 0.25) is 0 Å². The number of hydrogen-bond donors (Lipinski definition) is 1. The van der Waals surface area contributed by atoms with E-state index in [-0.39, 0.29) is 11.7 Å². The van der Waals surface area contributed by atoms with Crippen LogP contribution in [-0.2, 0) is 18.9 Å². The SMILES string of the molecule is Cc1cc(C)cc(NC(=O)CSc2c(C)cnc3c2c(=O)n(C)c(=O)n3C)c1. The Hall–Kier alpha value is -2.87. The number of fused-ring (bicyclic) bond motifs is 1. The first kappa shape index (κ1) is 19.9. The number of carbonyl (C=O) groups excluding carboxylic acids is 1. The number of nitrogens with zero attached hydrogens (tertiary/aromatic N) is 3. The van der Waals surface area contributed by atoms with Crippen molar-refractivity contribution in [1.29, 1.82) is 0 Å². The van der Waals surface area contributed by atoms with E-state index in [2.05, 4.69) is 10.3 Å².